The molecule has 4 rings (SSSR count). The van der Waals surface area contributed by atoms with Crippen LogP contribution in [0, 0.1) is 19.8 Å². The van der Waals surface area contributed by atoms with Crippen molar-refractivity contribution in [2.45, 2.75) is 57.4 Å². The minimum Gasteiger partial charge on any atom is -0.369 e. The van der Waals surface area contributed by atoms with E-state index < -0.39 is 11.2 Å². The monoisotopic (exact) mass is 427 g/mol. The van der Waals surface area contributed by atoms with Gasteiger partial charge in [0.05, 0.1) is 16.3 Å². The van der Waals surface area contributed by atoms with Crippen molar-refractivity contribution in [2.24, 2.45) is 11.7 Å². The summed E-state index contributed by atoms with van der Waals surface area (Å²) in [4.78, 5) is 32.4. The molecule has 0 spiro atoms. The summed E-state index contributed by atoms with van der Waals surface area (Å²) in [5, 5.41) is 0.786. The number of benzene rings is 1. The molecule has 1 aromatic carbocycles. The summed E-state index contributed by atoms with van der Waals surface area (Å²) in [7, 11) is 0. The standard InChI is InChI=1S/C22H25N3O2S2/c1-11-5-7-13(3)16(9-11)25-21(27)18-15-8-6-12(2)10-17(15)29-20(18)24-22(25)28-14(4)19(23)26/h5,7,9,12,14H,6,8,10H2,1-4H3,(H2,23,26)/t12-,14+/m0/s1. The van der Waals surface area contributed by atoms with Crippen LogP contribution in [0.3, 0.4) is 0 Å². The number of nitrogens with zero attached hydrogens (tertiary/aromatic N) is 2. The first-order valence-corrected chi connectivity index (χ1v) is 11.6. The number of fused-ring (bicyclic) bond motifs is 3. The number of primary amides is 1. The van der Waals surface area contributed by atoms with Crippen molar-refractivity contribution < 1.29 is 4.79 Å². The van der Waals surface area contributed by atoms with Crippen LogP contribution in [0.15, 0.2) is 28.2 Å². The minimum absolute atomic E-state index is 0.0464. The summed E-state index contributed by atoms with van der Waals surface area (Å²) in [5.41, 5.74) is 9.49. The second-order valence-electron chi connectivity index (χ2n) is 8.02. The zero-order valence-corrected chi connectivity index (χ0v) is 18.7. The highest BCUT2D eigenvalue weighted by Gasteiger charge is 2.26. The maximum absolute atomic E-state index is 13.8. The summed E-state index contributed by atoms with van der Waals surface area (Å²) in [5.74, 6) is 0.205. The summed E-state index contributed by atoms with van der Waals surface area (Å²) in [6.07, 6.45) is 3.01. The molecule has 29 heavy (non-hydrogen) atoms. The zero-order valence-electron chi connectivity index (χ0n) is 17.1. The SMILES string of the molecule is Cc1ccc(C)c(-n2c(S[C@H](C)C(N)=O)nc3sc4c(c3c2=O)CC[C@H](C)C4)c1. The van der Waals surface area contributed by atoms with Crippen molar-refractivity contribution in [1.29, 1.82) is 0 Å². The van der Waals surface area contributed by atoms with E-state index in [0.29, 0.717) is 11.1 Å². The predicted octanol–water partition coefficient (Wildman–Crippen LogP) is 4.15. The molecule has 2 N–H and O–H groups in total. The highest BCUT2D eigenvalue weighted by molar-refractivity contribution is 8.00. The number of thioether (sulfide) groups is 1. The Bertz CT molecular complexity index is 1180. The molecule has 3 aromatic rings. The maximum atomic E-state index is 13.8. The van der Waals surface area contributed by atoms with Crippen LogP contribution in [-0.2, 0) is 17.6 Å². The largest absolute Gasteiger partial charge is 0.369 e. The second kappa shape index (κ2) is 7.61. The third kappa shape index (κ3) is 3.62. The van der Waals surface area contributed by atoms with E-state index in [4.69, 9.17) is 10.7 Å². The third-order valence-electron chi connectivity index (χ3n) is 5.59. The van der Waals surface area contributed by atoms with E-state index in [9.17, 15) is 9.59 Å². The molecule has 0 saturated heterocycles. The van der Waals surface area contributed by atoms with Crippen molar-refractivity contribution in [2.75, 3.05) is 0 Å². The van der Waals surface area contributed by atoms with Gasteiger partial charge in [-0.25, -0.2) is 4.98 Å². The molecule has 2 atom stereocenters. The molecule has 2 heterocycles. The van der Waals surface area contributed by atoms with Gasteiger partial charge >= 0.3 is 0 Å². The van der Waals surface area contributed by atoms with Gasteiger partial charge in [-0.2, -0.15) is 0 Å². The van der Waals surface area contributed by atoms with Crippen LogP contribution in [0.5, 0.6) is 0 Å². The number of carbonyl (C=O) groups excluding carboxylic acids is 1. The number of aryl methyl sites for hydroxylation is 3. The molecule has 0 unspecified atom stereocenters. The molecule has 2 aromatic heterocycles. The lowest BCUT2D eigenvalue weighted by atomic mass is 9.89. The van der Waals surface area contributed by atoms with Crippen LogP contribution in [0.2, 0.25) is 0 Å². The number of hydrogen-bond donors (Lipinski definition) is 1. The van der Waals surface area contributed by atoms with Gasteiger partial charge in [0.15, 0.2) is 5.16 Å². The van der Waals surface area contributed by atoms with Crippen LogP contribution in [-0.4, -0.2) is 20.7 Å². The molecular formula is C22H25N3O2S2. The minimum atomic E-state index is -0.481. The fourth-order valence-corrected chi connectivity index (χ4v) is 6.13. The van der Waals surface area contributed by atoms with Gasteiger partial charge in [-0.3, -0.25) is 14.2 Å². The molecule has 0 aliphatic heterocycles. The predicted molar refractivity (Wildman–Crippen MR) is 120 cm³/mol. The molecule has 0 fully saturated rings. The maximum Gasteiger partial charge on any atom is 0.267 e. The lowest BCUT2D eigenvalue weighted by molar-refractivity contribution is -0.117. The van der Waals surface area contributed by atoms with Crippen molar-refractivity contribution in [3.63, 3.8) is 0 Å². The summed E-state index contributed by atoms with van der Waals surface area (Å²) < 4.78 is 1.68. The molecule has 1 amide bonds. The summed E-state index contributed by atoms with van der Waals surface area (Å²) in [6, 6.07) is 6.05. The number of aromatic nitrogens is 2. The van der Waals surface area contributed by atoms with Crippen molar-refractivity contribution >= 4 is 39.2 Å². The smallest absolute Gasteiger partial charge is 0.267 e. The molecular weight excluding hydrogens is 402 g/mol. The number of thiophene rings is 1. The summed E-state index contributed by atoms with van der Waals surface area (Å²) in [6.45, 7) is 8.00. The van der Waals surface area contributed by atoms with Crippen molar-refractivity contribution in [1.82, 2.24) is 9.55 Å². The zero-order chi connectivity index (χ0) is 20.9. The third-order valence-corrected chi connectivity index (χ3v) is 7.81. The number of carbonyl (C=O) groups is 1. The molecule has 5 nitrogen and oxygen atoms in total. The van der Waals surface area contributed by atoms with E-state index in [-0.39, 0.29) is 5.56 Å². The summed E-state index contributed by atoms with van der Waals surface area (Å²) >= 11 is 2.87. The van der Waals surface area contributed by atoms with Gasteiger partial charge in [0.1, 0.15) is 4.83 Å². The Morgan fingerprint density at radius 2 is 2.14 bits per heavy atom. The topological polar surface area (TPSA) is 78.0 Å². The average molecular weight is 428 g/mol. The van der Waals surface area contributed by atoms with Gasteiger partial charge in [-0.1, -0.05) is 30.8 Å². The van der Waals surface area contributed by atoms with Gasteiger partial charge in [0, 0.05) is 4.88 Å². The van der Waals surface area contributed by atoms with Gasteiger partial charge in [-0.15, -0.1) is 11.3 Å². The van der Waals surface area contributed by atoms with E-state index in [0.717, 1.165) is 46.3 Å². The van der Waals surface area contributed by atoms with E-state index in [1.54, 1.807) is 22.8 Å². The fraction of sp³-hybridized carbons (Fsp3) is 0.409. The second-order valence-corrected chi connectivity index (χ2v) is 10.4. The highest BCUT2D eigenvalue weighted by atomic mass is 32.2. The number of nitrogens with two attached hydrogens (primary N) is 1. The Kier molecular flexibility index (Phi) is 5.29. The van der Waals surface area contributed by atoms with Gasteiger partial charge in [-0.05, 0) is 68.7 Å². The quantitative estimate of drug-likeness (QED) is 0.501. The lowest BCUT2D eigenvalue weighted by Crippen LogP contribution is -2.27. The van der Waals surface area contributed by atoms with E-state index >= 15 is 0 Å². The van der Waals surface area contributed by atoms with Crippen LogP contribution in [0.4, 0.5) is 0 Å². The lowest BCUT2D eigenvalue weighted by Gasteiger charge is -2.18. The van der Waals surface area contributed by atoms with Gasteiger partial charge in [0.25, 0.3) is 5.56 Å². The number of hydrogen-bond acceptors (Lipinski definition) is 5. The Morgan fingerprint density at radius 1 is 1.38 bits per heavy atom. The van der Waals surface area contributed by atoms with E-state index in [1.807, 2.05) is 32.0 Å². The Labute approximate surface area is 178 Å². The van der Waals surface area contributed by atoms with Crippen molar-refractivity contribution in [3.05, 3.63) is 50.1 Å². The van der Waals surface area contributed by atoms with Gasteiger partial charge in [0.2, 0.25) is 5.91 Å². The van der Waals surface area contributed by atoms with E-state index in [1.165, 1.54) is 22.2 Å². The molecule has 152 valence electrons. The molecule has 0 bridgehead atoms. The van der Waals surface area contributed by atoms with Crippen LogP contribution >= 0.6 is 23.1 Å². The molecule has 1 aliphatic carbocycles. The first-order valence-electron chi connectivity index (χ1n) is 9.87. The Morgan fingerprint density at radius 3 is 2.86 bits per heavy atom. The van der Waals surface area contributed by atoms with Crippen LogP contribution < -0.4 is 11.3 Å². The van der Waals surface area contributed by atoms with Crippen molar-refractivity contribution in [3.8, 4) is 5.69 Å². The van der Waals surface area contributed by atoms with Crippen LogP contribution in [0.1, 0.15) is 41.8 Å². The molecule has 0 saturated carbocycles. The number of rotatable bonds is 4. The molecule has 0 radical (unpaired) electrons. The molecule has 7 heteroatoms. The highest BCUT2D eigenvalue weighted by Crippen LogP contribution is 2.37. The van der Waals surface area contributed by atoms with Gasteiger partial charge < -0.3 is 5.73 Å². The van der Waals surface area contributed by atoms with E-state index in [2.05, 4.69) is 6.92 Å². The average Bonchev–Trinajstić information content (AvgIpc) is 3.01. The molecule has 1 aliphatic rings. The number of amides is 1. The Hall–Kier alpha value is -2.12. The fourth-order valence-electron chi connectivity index (χ4n) is 3.84. The normalized spacial score (nSPS) is 17.3. The first-order chi connectivity index (χ1) is 13.8. The Balaban J connectivity index is 2.02. The van der Waals surface area contributed by atoms with Crippen LogP contribution in [0.25, 0.3) is 15.9 Å². The first kappa shape index (κ1) is 20.2.